The van der Waals surface area contributed by atoms with Gasteiger partial charge in [-0.2, -0.15) is 0 Å². The molecule has 0 fully saturated rings. The maximum atomic E-state index is 12.8. The summed E-state index contributed by atoms with van der Waals surface area (Å²) >= 11 is 0. The quantitative estimate of drug-likeness (QED) is 0.620. The lowest BCUT2D eigenvalue weighted by molar-refractivity contribution is -0.123. The third-order valence-corrected chi connectivity index (χ3v) is 4.51. The van der Waals surface area contributed by atoms with Gasteiger partial charge < -0.3 is 15.2 Å². The first-order chi connectivity index (χ1) is 14.0. The van der Waals surface area contributed by atoms with Gasteiger partial charge in [0.1, 0.15) is 6.04 Å². The van der Waals surface area contributed by atoms with Crippen LogP contribution < -0.4 is 10.6 Å². The largest absolute Gasteiger partial charge is 0.354 e. The number of nitrogens with one attached hydrogen (secondary N) is 2. The number of hydrogen-bond donors (Lipinski definition) is 2. The number of hydrogen-bond acceptors (Lipinski definition) is 3. The van der Waals surface area contributed by atoms with Crippen LogP contribution in [0.15, 0.2) is 73.3 Å². The molecule has 0 radical (unpaired) electrons. The summed E-state index contributed by atoms with van der Waals surface area (Å²) in [5.41, 5.74) is 2.63. The molecule has 0 aliphatic heterocycles. The summed E-state index contributed by atoms with van der Waals surface area (Å²) in [6.07, 6.45) is 5.04. The number of carbonyl (C=O) groups excluding carboxylic acids is 2. The molecule has 1 atom stereocenters. The molecule has 2 amide bonds. The van der Waals surface area contributed by atoms with Crippen LogP contribution in [0.25, 0.3) is 11.1 Å². The molecule has 0 saturated carbocycles. The zero-order valence-electron chi connectivity index (χ0n) is 16.7. The number of imidazole rings is 1. The van der Waals surface area contributed by atoms with Crippen molar-refractivity contribution >= 4 is 11.8 Å². The zero-order valence-corrected chi connectivity index (χ0v) is 16.7. The fourth-order valence-electron chi connectivity index (χ4n) is 2.91. The van der Waals surface area contributed by atoms with E-state index in [1.165, 1.54) is 0 Å². The number of nitrogens with zero attached hydrogens (tertiary/aromatic N) is 2. The molecule has 0 bridgehead atoms. The molecule has 6 nitrogen and oxygen atoms in total. The molecule has 0 aliphatic rings. The maximum Gasteiger partial charge on any atom is 0.251 e. The second-order valence-corrected chi connectivity index (χ2v) is 7.37. The summed E-state index contributed by atoms with van der Waals surface area (Å²) in [6.45, 7) is 4.93. The highest BCUT2D eigenvalue weighted by atomic mass is 16.2. The van der Waals surface area contributed by atoms with Crippen LogP contribution in [0.5, 0.6) is 0 Å². The number of amides is 2. The molecular formula is C23H26N4O2. The van der Waals surface area contributed by atoms with Crippen LogP contribution in [-0.2, 0) is 11.3 Å². The van der Waals surface area contributed by atoms with Crippen LogP contribution in [0.1, 0.15) is 24.2 Å². The lowest BCUT2D eigenvalue weighted by Crippen LogP contribution is -2.49. The van der Waals surface area contributed by atoms with Gasteiger partial charge in [0.15, 0.2) is 0 Å². The third kappa shape index (κ3) is 5.78. The van der Waals surface area contributed by atoms with E-state index in [1.54, 1.807) is 35.4 Å². The van der Waals surface area contributed by atoms with Gasteiger partial charge in [0, 0.05) is 24.5 Å². The van der Waals surface area contributed by atoms with E-state index in [9.17, 15) is 9.59 Å². The highest BCUT2D eigenvalue weighted by Gasteiger charge is 2.22. The van der Waals surface area contributed by atoms with Crippen molar-refractivity contribution in [2.45, 2.75) is 26.4 Å². The first-order valence-electron chi connectivity index (χ1n) is 9.72. The van der Waals surface area contributed by atoms with Crippen molar-refractivity contribution in [3.63, 3.8) is 0 Å². The van der Waals surface area contributed by atoms with Gasteiger partial charge in [-0.05, 0) is 29.2 Å². The average molecular weight is 390 g/mol. The lowest BCUT2D eigenvalue weighted by Gasteiger charge is -2.20. The van der Waals surface area contributed by atoms with Gasteiger partial charge in [0.05, 0.1) is 12.9 Å². The van der Waals surface area contributed by atoms with E-state index < -0.39 is 6.04 Å². The summed E-state index contributed by atoms with van der Waals surface area (Å²) in [5, 5.41) is 5.75. The fourth-order valence-corrected chi connectivity index (χ4v) is 2.91. The Hall–Kier alpha value is -3.41. The van der Waals surface area contributed by atoms with Crippen LogP contribution in [0.4, 0.5) is 0 Å². The van der Waals surface area contributed by atoms with E-state index in [1.807, 2.05) is 56.3 Å². The fraction of sp³-hybridized carbons (Fsp3) is 0.261. The predicted molar refractivity (Wildman–Crippen MR) is 113 cm³/mol. The normalized spacial score (nSPS) is 11.8. The molecule has 3 rings (SSSR count). The van der Waals surface area contributed by atoms with Crippen molar-refractivity contribution in [3.8, 4) is 11.1 Å². The highest BCUT2D eigenvalue weighted by Crippen LogP contribution is 2.19. The van der Waals surface area contributed by atoms with Crippen LogP contribution in [0.2, 0.25) is 0 Å². The van der Waals surface area contributed by atoms with Gasteiger partial charge >= 0.3 is 0 Å². The third-order valence-electron chi connectivity index (χ3n) is 4.51. The zero-order chi connectivity index (χ0) is 20.6. The number of rotatable bonds is 8. The summed E-state index contributed by atoms with van der Waals surface area (Å²) in [7, 11) is 0. The standard InChI is InChI=1S/C23H26N4O2/c1-17(2)14-25-23(29)21(15-27-13-12-24-16-27)26-22(28)20-10-8-19(9-11-20)18-6-4-3-5-7-18/h3-13,16-17,21H,14-15H2,1-2H3,(H,25,29)(H,26,28)/t21-/m0/s1. The molecule has 6 heteroatoms. The predicted octanol–water partition coefficient (Wildman–Crippen LogP) is 3.12. The monoisotopic (exact) mass is 390 g/mol. The molecule has 3 aromatic rings. The first-order valence-corrected chi connectivity index (χ1v) is 9.72. The van der Waals surface area contributed by atoms with Gasteiger partial charge in [0.2, 0.25) is 5.91 Å². The smallest absolute Gasteiger partial charge is 0.251 e. The van der Waals surface area contributed by atoms with Gasteiger partial charge in [0.25, 0.3) is 5.91 Å². The topological polar surface area (TPSA) is 76.0 Å². The molecular weight excluding hydrogens is 364 g/mol. The molecule has 0 aliphatic carbocycles. The van der Waals surface area contributed by atoms with Crippen LogP contribution >= 0.6 is 0 Å². The minimum atomic E-state index is -0.691. The lowest BCUT2D eigenvalue weighted by atomic mass is 10.0. The minimum absolute atomic E-state index is 0.207. The Bertz CT molecular complexity index is 919. The van der Waals surface area contributed by atoms with E-state index in [-0.39, 0.29) is 11.8 Å². The highest BCUT2D eigenvalue weighted by molar-refractivity contribution is 5.97. The Labute approximate surface area is 171 Å². The first kappa shape index (κ1) is 20.3. The van der Waals surface area contributed by atoms with Crippen LogP contribution in [0, 0.1) is 5.92 Å². The molecule has 0 unspecified atom stereocenters. The number of aromatic nitrogens is 2. The summed E-state index contributed by atoms with van der Waals surface area (Å²) in [4.78, 5) is 29.4. The van der Waals surface area contributed by atoms with Gasteiger partial charge in [-0.3, -0.25) is 9.59 Å². The summed E-state index contributed by atoms with van der Waals surface area (Å²) in [6, 6.07) is 16.7. The van der Waals surface area contributed by atoms with Crippen molar-refractivity contribution in [1.29, 1.82) is 0 Å². The molecule has 1 heterocycles. The van der Waals surface area contributed by atoms with Crippen molar-refractivity contribution in [2.24, 2.45) is 5.92 Å². The Morgan fingerprint density at radius 1 is 1.00 bits per heavy atom. The summed E-state index contributed by atoms with van der Waals surface area (Å²) in [5.74, 6) is -0.162. The van der Waals surface area contributed by atoms with Gasteiger partial charge in [-0.1, -0.05) is 56.3 Å². The van der Waals surface area contributed by atoms with Crippen LogP contribution in [0.3, 0.4) is 0 Å². The van der Waals surface area contributed by atoms with E-state index in [2.05, 4.69) is 15.6 Å². The molecule has 0 spiro atoms. The second kappa shape index (κ2) is 9.68. The molecule has 150 valence electrons. The van der Waals surface area contributed by atoms with E-state index in [0.29, 0.717) is 24.6 Å². The SMILES string of the molecule is CC(C)CNC(=O)[C@H](Cn1ccnc1)NC(=O)c1ccc(-c2ccccc2)cc1. The molecule has 2 aromatic carbocycles. The van der Waals surface area contributed by atoms with Crippen molar-refractivity contribution in [3.05, 3.63) is 78.9 Å². The van der Waals surface area contributed by atoms with Crippen molar-refractivity contribution in [1.82, 2.24) is 20.2 Å². The van der Waals surface area contributed by atoms with E-state index in [4.69, 9.17) is 0 Å². The van der Waals surface area contributed by atoms with Crippen molar-refractivity contribution in [2.75, 3.05) is 6.54 Å². The van der Waals surface area contributed by atoms with Gasteiger partial charge in [-0.25, -0.2) is 4.98 Å². The van der Waals surface area contributed by atoms with Crippen molar-refractivity contribution < 1.29 is 9.59 Å². The molecule has 0 saturated heterocycles. The summed E-state index contributed by atoms with van der Waals surface area (Å²) < 4.78 is 1.78. The second-order valence-electron chi connectivity index (χ2n) is 7.37. The Balaban J connectivity index is 1.70. The van der Waals surface area contributed by atoms with E-state index in [0.717, 1.165) is 11.1 Å². The van der Waals surface area contributed by atoms with Crippen LogP contribution in [-0.4, -0.2) is 34.0 Å². The number of benzene rings is 2. The maximum absolute atomic E-state index is 12.8. The van der Waals surface area contributed by atoms with Gasteiger partial charge in [-0.15, -0.1) is 0 Å². The molecule has 2 N–H and O–H groups in total. The molecule has 1 aromatic heterocycles. The number of carbonyl (C=O) groups is 2. The van der Waals surface area contributed by atoms with E-state index >= 15 is 0 Å². The molecule has 29 heavy (non-hydrogen) atoms. The minimum Gasteiger partial charge on any atom is -0.354 e. The Morgan fingerprint density at radius 3 is 2.31 bits per heavy atom. The average Bonchev–Trinajstić information content (AvgIpc) is 3.25. The Kier molecular flexibility index (Phi) is 6.79. The Morgan fingerprint density at radius 2 is 1.69 bits per heavy atom.